The molecule has 2 fully saturated rings. The highest BCUT2D eigenvalue weighted by molar-refractivity contribution is 5.91. The van der Waals surface area contributed by atoms with E-state index in [2.05, 4.69) is 32.0 Å². The molecule has 2 aliphatic rings. The predicted octanol–water partition coefficient (Wildman–Crippen LogP) is 3.15. The molecule has 2 aromatic heterocycles. The zero-order valence-electron chi connectivity index (χ0n) is 19.3. The number of benzene rings is 1. The molecular weight excluding hydrogens is 414 g/mol. The summed E-state index contributed by atoms with van der Waals surface area (Å²) < 4.78 is 7.53. The van der Waals surface area contributed by atoms with Crippen LogP contribution in [0, 0.1) is 5.92 Å². The van der Waals surface area contributed by atoms with Gasteiger partial charge in [-0.3, -0.25) is 4.90 Å². The number of morpholine rings is 1. The van der Waals surface area contributed by atoms with Gasteiger partial charge in [-0.2, -0.15) is 10.1 Å². The van der Waals surface area contributed by atoms with E-state index < -0.39 is 0 Å². The highest BCUT2D eigenvalue weighted by atomic mass is 16.5. The molecule has 176 valence electrons. The van der Waals surface area contributed by atoms with E-state index in [1.807, 2.05) is 24.4 Å². The van der Waals surface area contributed by atoms with Crippen molar-refractivity contribution in [2.24, 2.45) is 11.7 Å². The average molecular weight is 450 g/mol. The van der Waals surface area contributed by atoms with Crippen molar-refractivity contribution in [1.29, 1.82) is 0 Å². The Labute approximate surface area is 195 Å². The molecule has 3 heterocycles. The van der Waals surface area contributed by atoms with Gasteiger partial charge >= 0.3 is 0 Å². The third-order valence-corrected chi connectivity index (χ3v) is 6.90. The van der Waals surface area contributed by atoms with Gasteiger partial charge in [-0.05, 0) is 44.6 Å². The highest BCUT2D eigenvalue weighted by Gasteiger charge is 2.22. The van der Waals surface area contributed by atoms with E-state index in [1.54, 1.807) is 0 Å². The summed E-state index contributed by atoms with van der Waals surface area (Å²) in [6, 6.07) is 10.7. The molecule has 0 atom stereocenters. The van der Waals surface area contributed by atoms with Crippen LogP contribution < -0.4 is 11.1 Å². The Bertz CT molecular complexity index is 1020. The summed E-state index contributed by atoms with van der Waals surface area (Å²) in [5.74, 6) is 1.27. The number of rotatable bonds is 8. The molecule has 8 nitrogen and oxygen atoms in total. The summed E-state index contributed by atoms with van der Waals surface area (Å²) in [4.78, 5) is 12.0. The zero-order valence-corrected chi connectivity index (χ0v) is 19.3. The normalized spacial score (nSPS) is 22.0. The van der Waals surface area contributed by atoms with Gasteiger partial charge in [0.1, 0.15) is 5.69 Å². The summed E-state index contributed by atoms with van der Waals surface area (Å²) in [5, 5.41) is 9.44. The number of aromatic nitrogens is 4. The molecule has 1 aliphatic heterocycles. The molecule has 1 aromatic carbocycles. The molecular formula is C25H35N7O. The van der Waals surface area contributed by atoms with Gasteiger partial charge in [0.25, 0.3) is 0 Å². The summed E-state index contributed by atoms with van der Waals surface area (Å²) in [6.07, 6.45) is 7.48. The first kappa shape index (κ1) is 22.3. The molecule has 8 heteroatoms. The van der Waals surface area contributed by atoms with Crippen molar-refractivity contribution in [3.8, 4) is 11.3 Å². The number of fused-ring (bicyclic) bond motifs is 1. The second-order valence-electron chi connectivity index (χ2n) is 9.34. The maximum atomic E-state index is 6.13. The van der Waals surface area contributed by atoms with Crippen LogP contribution in [-0.2, 0) is 11.3 Å². The lowest BCUT2D eigenvalue weighted by Crippen LogP contribution is -2.37. The van der Waals surface area contributed by atoms with Crippen molar-refractivity contribution >= 4 is 17.0 Å². The van der Waals surface area contributed by atoms with E-state index in [9.17, 15) is 0 Å². The average Bonchev–Trinajstić information content (AvgIpc) is 3.22. The molecule has 1 aliphatic carbocycles. The largest absolute Gasteiger partial charge is 0.379 e. The first-order chi connectivity index (χ1) is 16.3. The lowest BCUT2D eigenvalue weighted by molar-refractivity contribution is 0.0378. The molecule has 0 amide bonds. The van der Waals surface area contributed by atoms with Crippen LogP contribution in [0.1, 0.15) is 32.1 Å². The van der Waals surface area contributed by atoms with Crippen LogP contribution in [0.25, 0.3) is 22.3 Å². The molecule has 1 saturated carbocycles. The first-order valence-electron chi connectivity index (χ1n) is 12.3. The molecule has 0 spiro atoms. The molecule has 5 rings (SSSR count). The number of hydrogen-bond donors (Lipinski definition) is 2. The molecule has 3 aromatic rings. The van der Waals surface area contributed by atoms with Crippen LogP contribution >= 0.6 is 0 Å². The Kier molecular flexibility index (Phi) is 7.14. The van der Waals surface area contributed by atoms with E-state index in [4.69, 9.17) is 20.6 Å². The van der Waals surface area contributed by atoms with Crippen molar-refractivity contribution in [3.05, 3.63) is 36.5 Å². The molecule has 0 radical (unpaired) electrons. The van der Waals surface area contributed by atoms with Crippen molar-refractivity contribution in [2.75, 3.05) is 44.7 Å². The van der Waals surface area contributed by atoms with Gasteiger partial charge in [-0.25, -0.2) is 9.67 Å². The van der Waals surface area contributed by atoms with Crippen LogP contribution in [0.5, 0.6) is 0 Å². The van der Waals surface area contributed by atoms with E-state index in [0.29, 0.717) is 17.9 Å². The van der Waals surface area contributed by atoms with Crippen molar-refractivity contribution < 1.29 is 4.74 Å². The minimum atomic E-state index is 0.353. The third kappa shape index (κ3) is 5.51. The van der Waals surface area contributed by atoms with Gasteiger partial charge in [-0.15, -0.1) is 0 Å². The Balaban J connectivity index is 1.32. The fraction of sp³-hybridized carbons (Fsp3) is 0.560. The van der Waals surface area contributed by atoms with Crippen LogP contribution in [-0.4, -0.2) is 70.1 Å². The first-order valence-corrected chi connectivity index (χ1v) is 12.3. The minimum Gasteiger partial charge on any atom is -0.379 e. The fourth-order valence-corrected chi connectivity index (χ4v) is 4.92. The summed E-state index contributed by atoms with van der Waals surface area (Å²) in [7, 11) is 0. The van der Waals surface area contributed by atoms with Gasteiger partial charge < -0.3 is 15.8 Å². The Hall–Kier alpha value is -2.55. The topological polar surface area (TPSA) is 94.1 Å². The smallest absolute Gasteiger partial charge is 0.224 e. The van der Waals surface area contributed by atoms with E-state index in [0.717, 1.165) is 100 Å². The summed E-state index contributed by atoms with van der Waals surface area (Å²) in [5.41, 5.74) is 9.09. The minimum absolute atomic E-state index is 0.353. The predicted molar refractivity (Wildman–Crippen MR) is 131 cm³/mol. The molecule has 33 heavy (non-hydrogen) atoms. The highest BCUT2D eigenvalue weighted by Crippen LogP contribution is 2.30. The quantitative estimate of drug-likeness (QED) is 0.510. The van der Waals surface area contributed by atoms with Crippen LogP contribution in [0.2, 0.25) is 0 Å². The number of hydrogen-bond acceptors (Lipinski definition) is 7. The molecule has 0 bridgehead atoms. The second kappa shape index (κ2) is 10.6. The van der Waals surface area contributed by atoms with Crippen LogP contribution in [0.4, 0.5) is 5.95 Å². The maximum Gasteiger partial charge on any atom is 0.224 e. The molecule has 0 unspecified atom stereocenters. The lowest BCUT2D eigenvalue weighted by atomic mass is 9.86. The lowest BCUT2D eigenvalue weighted by Gasteiger charge is -2.26. The zero-order chi connectivity index (χ0) is 22.5. The Morgan fingerprint density at radius 1 is 1.06 bits per heavy atom. The van der Waals surface area contributed by atoms with E-state index in [-0.39, 0.29) is 0 Å². The molecule has 1 saturated heterocycles. The van der Waals surface area contributed by atoms with Crippen molar-refractivity contribution in [2.45, 2.75) is 44.7 Å². The number of nitrogens with two attached hydrogens (primary N) is 1. The SMILES string of the molecule is NC1CCC(Cn2nc(-c3ccccc3)c3cnc(NCCCN4CCOCC4)nc32)CC1. The molecule has 3 N–H and O–H groups in total. The Morgan fingerprint density at radius 3 is 2.64 bits per heavy atom. The van der Waals surface area contributed by atoms with Crippen LogP contribution in [0.3, 0.4) is 0 Å². The van der Waals surface area contributed by atoms with Gasteiger partial charge in [-0.1, -0.05) is 30.3 Å². The van der Waals surface area contributed by atoms with Gasteiger partial charge in [0, 0.05) is 44.0 Å². The number of nitrogens with zero attached hydrogens (tertiary/aromatic N) is 5. The monoisotopic (exact) mass is 449 g/mol. The maximum absolute atomic E-state index is 6.13. The van der Waals surface area contributed by atoms with E-state index in [1.165, 1.54) is 0 Å². The fourth-order valence-electron chi connectivity index (χ4n) is 4.92. The van der Waals surface area contributed by atoms with Gasteiger partial charge in [0.05, 0.1) is 18.6 Å². The van der Waals surface area contributed by atoms with Crippen LogP contribution in [0.15, 0.2) is 36.5 Å². The van der Waals surface area contributed by atoms with Gasteiger partial charge in [0.15, 0.2) is 5.65 Å². The third-order valence-electron chi connectivity index (χ3n) is 6.90. The standard InChI is InChI=1S/C25H35N7O/c26-21-9-7-19(8-10-21)18-32-24-22(23(30-32)20-5-2-1-3-6-20)17-28-25(29-24)27-11-4-12-31-13-15-33-16-14-31/h1-3,5-6,17,19,21H,4,7-16,18,26H2,(H,27,28,29). The Morgan fingerprint density at radius 2 is 1.85 bits per heavy atom. The summed E-state index contributed by atoms with van der Waals surface area (Å²) in [6.45, 7) is 6.53. The van der Waals surface area contributed by atoms with Crippen molar-refractivity contribution in [1.82, 2.24) is 24.6 Å². The number of anilines is 1. The second-order valence-corrected chi connectivity index (χ2v) is 9.34. The van der Waals surface area contributed by atoms with Crippen molar-refractivity contribution in [3.63, 3.8) is 0 Å². The number of ether oxygens (including phenoxy) is 1. The summed E-state index contributed by atoms with van der Waals surface area (Å²) >= 11 is 0. The number of nitrogens with one attached hydrogen (secondary N) is 1. The van der Waals surface area contributed by atoms with Gasteiger partial charge in [0.2, 0.25) is 5.95 Å². The van der Waals surface area contributed by atoms with E-state index >= 15 is 0 Å².